The van der Waals surface area contributed by atoms with Crippen molar-refractivity contribution in [3.05, 3.63) is 58.6 Å². The fourth-order valence-corrected chi connectivity index (χ4v) is 4.02. The Morgan fingerprint density at radius 2 is 1.85 bits per heavy atom. The molecule has 0 atom stereocenters. The minimum atomic E-state index is -3.44. The Morgan fingerprint density at radius 1 is 1.15 bits per heavy atom. The van der Waals surface area contributed by atoms with Crippen molar-refractivity contribution in [1.29, 1.82) is 0 Å². The minimum Gasteiger partial charge on any atom is -0.326 e. The lowest BCUT2D eigenvalue weighted by atomic mass is 10.1. The summed E-state index contributed by atoms with van der Waals surface area (Å²) in [5, 5.41) is 3.47. The SMILES string of the molecule is Cc1c(Cl)cccc1NC(=O)CCc1ccc(S(=O)(=O)NC2CC2)cc1. The van der Waals surface area contributed by atoms with E-state index >= 15 is 0 Å². The maximum Gasteiger partial charge on any atom is 0.240 e. The number of nitrogens with one attached hydrogen (secondary N) is 2. The third-order valence-corrected chi connectivity index (χ3v) is 6.26. The fourth-order valence-electron chi connectivity index (χ4n) is 2.54. The van der Waals surface area contributed by atoms with Crippen molar-refractivity contribution < 1.29 is 13.2 Å². The highest BCUT2D eigenvalue weighted by atomic mass is 35.5. The molecule has 2 N–H and O–H groups in total. The fraction of sp³-hybridized carbons (Fsp3) is 0.316. The summed E-state index contributed by atoms with van der Waals surface area (Å²) in [5.41, 5.74) is 2.45. The van der Waals surface area contributed by atoms with Crippen LogP contribution in [-0.4, -0.2) is 20.4 Å². The lowest BCUT2D eigenvalue weighted by Crippen LogP contribution is -2.25. The van der Waals surface area contributed by atoms with Gasteiger partial charge >= 0.3 is 0 Å². The molecule has 7 heteroatoms. The lowest BCUT2D eigenvalue weighted by molar-refractivity contribution is -0.116. The number of aryl methyl sites for hydroxylation is 1. The Hall–Kier alpha value is -1.89. The smallest absolute Gasteiger partial charge is 0.240 e. The van der Waals surface area contributed by atoms with Crippen molar-refractivity contribution in [2.24, 2.45) is 0 Å². The molecule has 0 aliphatic heterocycles. The highest BCUT2D eigenvalue weighted by molar-refractivity contribution is 7.89. The molecule has 0 aromatic heterocycles. The van der Waals surface area contributed by atoms with Crippen molar-refractivity contribution in [2.75, 3.05) is 5.32 Å². The summed E-state index contributed by atoms with van der Waals surface area (Å²) in [4.78, 5) is 12.4. The molecule has 1 aliphatic carbocycles. The van der Waals surface area contributed by atoms with E-state index in [1.165, 1.54) is 0 Å². The molecule has 0 bridgehead atoms. The van der Waals surface area contributed by atoms with Gasteiger partial charge in [-0.1, -0.05) is 29.8 Å². The van der Waals surface area contributed by atoms with Crippen LogP contribution in [0.15, 0.2) is 47.4 Å². The molecule has 1 aliphatic rings. The second kappa shape index (κ2) is 7.78. The van der Waals surface area contributed by atoms with E-state index in [0.29, 0.717) is 23.6 Å². The van der Waals surface area contributed by atoms with Crippen LogP contribution in [0.3, 0.4) is 0 Å². The van der Waals surface area contributed by atoms with Crippen LogP contribution in [-0.2, 0) is 21.2 Å². The summed E-state index contributed by atoms with van der Waals surface area (Å²) in [6.45, 7) is 1.85. The maximum atomic E-state index is 12.1. The van der Waals surface area contributed by atoms with Gasteiger partial charge in [-0.2, -0.15) is 0 Å². The summed E-state index contributed by atoms with van der Waals surface area (Å²) in [6, 6.07) is 12.1. The average Bonchev–Trinajstić information content (AvgIpc) is 3.41. The molecule has 0 heterocycles. The summed E-state index contributed by atoms with van der Waals surface area (Å²) >= 11 is 6.05. The first-order valence-corrected chi connectivity index (χ1v) is 10.4. The predicted molar refractivity (Wildman–Crippen MR) is 103 cm³/mol. The Kier molecular flexibility index (Phi) is 5.65. The quantitative estimate of drug-likeness (QED) is 0.755. The molecule has 1 fully saturated rings. The highest BCUT2D eigenvalue weighted by Crippen LogP contribution is 2.24. The molecule has 0 unspecified atom stereocenters. The van der Waals surface area contributed by atoms with Crippen LogP contribution in [0.25, 0.3) is 0 Å². The average molecular weight is 393 g/mol. The first-order valence-electron chi connectivity index (χ1n) is 8.51. The molecule has 2 aromatic rings. The van der Waals surface area contributed by atoms with Crippen LogP contribution in [0.1, 0.15) is 30.4 Å². The van der Waals surface area contributed by atoms with E-state index in [-0.39, 0.29) is 16.8 Å². The minimum absolute atomic E-state index is 0.0818. The molecule has 0 saturated heterocycles. The summed E-state index contributed by atoms with van der Waals surface area (Å²) < 4.78 is 26.9. The number of carbonyl (C=O) groups is 1. The number of rotatable bonds is 7. The molecule has 0 radical (unpaired) electrons. The van der Waals surface area contributed by atoms with Crippen LogP contribution >= 0.6 is 11.6 Å². The first-order chi connectivity index (χ1) is 12.3. The van der Waals surface area contributed by atoms with Crippen molar-refractivity contribution in [1.82, 2.24) is 4.72 Å². The van der Waals surface area contributed by atoms with Gasteiger partial charge in [-0.15, -0.1) is 0 Å². The van der Waals surface area contributed by atoms with Gasteiger partial charge in [0.05, 0.1) is 4.90 Å². The van der Waals surface area contributed by atoms with E-state index < -0.39 is 10.0 Å². The number of amides is 1. The monoisotopic (exact) mass is 392 g/mol. The Balaban J connectivity index is 1.56. The van der Waals surface area contributed by atoms with Crippen molar-refractivity contribution in [2.45, 2.75) is 43.5 Å². The predicted octanol–water partition coefficient (Wildman–Crippen LogP) is 3.66. The molecular weight excluding hydrogens is 372 g/mol. The van der Waals surface area contributed by atoms with Gasteiger partial charge in [0.1, 0.15) is 0 Å². The summed E-state index contributed by atoms with van der Waals surface area (Å²) in [5.74, 6) is -0.109. The molecule has 5 nitrogen and oxygen atoms in total. The maximum absolute atomic E-state index is 12.1. The second-order valence-electron chi connectivity index (χ2n) is 6.50. The topological polar surface area (TPSA) is 75.3 Å². The number of hydrogen-bond acceptors (Lipinski definition) is 3. The van der Waals surface area contributed by atoms with Crippen LogP contribution in [0, 0.1) is 6.92 Å². The molecule has 0 spiro atoms. The van der Waals surface area contributed by atoms with Gasteiger partial charge in [0.15, 0.2) is 0 Å². The van der Waals surface area contributed by atoms with Crippen molar-refractivity contribution in [3.63, 3.8) is 0 Å². The molecule has 1 amide bonds. The molecule has 3 rings (SSSR count). The van der Waals surface area contributed by atoms with Crippen LogP contribution in [0.4, 0.5) is 5.69 Å². The molecule has 2 aromatic carbocycles. The Morgan fingerprint density at radius 3 is 2.50 bits per heavy atom. The van der Waals surface area contributed by atoms with Crippen LogP contribution < -0.4 is 10.0 Å². The van der Waals surface area contributed by atoms with E-state index in [0.717, 1.165) is 24.0 Å². The third-order valence-electron chi connectivity index (χ3n) is 4.32. The van der Waals surface area contributed by atoms with Crippen molar-refractivity contribution >= 4 is 33.2 Å². The van der Waals surface area contributed by atoms with E-state index in [1.54, 1.807) is 36.4 Å². The zero-order chi connectivity index (χ0) is 18.7. The van der Waals surface area contributed by atoms with Gasteiger partial charge in [-0.3, -0.25) is 4.79 Å². The second-order valence-corrected chi connectivity index (χ2v) is 8.62. The Labute approximate surface area is 158 Å². The van der Waals surface area contributed by atoms with E-state index in [4.69, 9.17) is 11.6 Å². The highest BCUT2D eigenvalue weighted by Gasteiger charge is 2.27. The van der Waals surface area contributed by atoms with Gasteiger partial charge < -0.3 is 5.32 Å². The van der Waals surface area contributed by atoms with Gasteiger partial charge in [-0.25, -0.2) is 13.1 Å². The Bertz CT molecular complexity index is 907. The number of halogens is 1. The zero-order valence-electron chi connectivity index (χ0n) is 14.5. The van der Waals surface area contributed by atoms with E-state index in [2.05, 4.69) is 10.0 Å². The molecular formula is C19H21ClN2O3S. The molecule has 138 valence electrons. The van der Waals surface area contributed by atoms with E-state index in [9.17, 15) is 13.2 Å². The van der Waals surface area contributed by atoms with Crippen LogP contribution in [0.5, 0.6) is 0 Å². The van der Waals surface area contributed by atoms with Crippen molar-refractivity contribution in [3.8, 4) is 0 Å². The first kappa shape index (κ1) is 18.9. The number of anilines is 1. The van der Waals surface area contributed by atoms with Crippen LogP contribution in [0.2, 0.25) is 5.02 Å². The number of carbonyl (C=O) groups excluding carboxylic acids is 1. The molecule has 1 saturated carbocycles. The standard InChI is InChI=1S/C19H21ClN2O3S/c1-13-17(20)3-2-4-18(13)21-19(23)12-7-14-5-10-16(11-6-14)26(24,25)22-15-8-9-15/h2-6,10-11,15,22H,7-9,12H2,1H3,(H,21,23). The van der Waals surface area contributed by atoms with Gasteiger partial charge in [0.2, 0.25) is 15.9 Å². The normalized spacial score (nSPS) is 14.2. The lowest BCUT2D eigenvalue weighted by Gasteiger charge is -2.10. The summed E-state index contributed by atoms with van der Waals surface area (Å²) in [7, 11) is -3.44. The molecule has 26 heavy (non-hydrogen) atoms. The van der Waals surface area contributed by atoms with E-state index in [1.807, 2.05) is 13.0 Å². The summed E-state index contributed by atoms with van der Waals surface area (Å²) in [6.07, 6.45) is 2.64. The zero-order valence-corrected chi connectivity index (χ0v) is 16.0. The van der Waals surface area contributed by atoms with Gasteiger partial charge in [-0.05, 0) is 61.6 Å². The number of sulfonamides is 1. The van der Waals surface area contributed by atoms with Gasteiger partial charge in [0.25, 0.3) is 0 Å². The number of benzene rings is 2. The third kappa shape index (κ3) is 4.84. The number of hydrogen-bond donors (Lipinski definition) is 2. The largest absolute Gasteiger partial charge is 0.326 e. The van der Waals surface area contributed by atoms with Gasteiger partial charge in [0, 0.05) is 23.2 Å².